The molecule has 2 unspecified atom stereocenters. The minimum absolute atomic E-state index is 0.354. The number of unbranched alkanes of at least 4 members (excludes halogenated alkanes) is 2. The van der Waals surface area contributed by atoms with Crippen LogP contribution < -0.4 is 0 Å². The molecule has 0 spiro atoms. The Morgan fingerprint density at radius 3 is 1.30 bits per heavy atom. The van der Waals surface area contributed by atoms with Gasteiger partial charge < -0.3 is 9.97 Å². The van der Waals surface area contributed by atoms with Crippen molar-refractivity contribution in [1.82, 2.24) is 19.9 Å². The minimum Gasteiger partial charge on any atom is -0.354 e. The molecule has 0 fully saturated rings. The van der Waals surface area contributed by atoms with Crippen LogP contribution >= 0.6 is 0 Å². The molecule has 2 N–H and O–H groups in total. The Bertz CT molecular complexity index is 1930. The maximum atomic E-state index is 5.39. The van der Waals surface area contributed by atoms with Gasteiger partial charge in [0.05, 0.1) is 44.9 Å². The number of H-pyrrole nitrogens is 2. The van der Waals surface area contributed by atoms with Gasteiger partial charge in [0.25, 0.3) is 0 Å². The van der Waals surface area contributed by atoms with E-state index in [-0.39, 0.29) is 0 Å². The fourth-order valence-electron chi connectivity index (χ4n) is 6.88. The average molecular weight is 699 g/mol. The lowest BCUT2D eigenvalue weighted by molar-refractivity contribution is 0.566. The molecule has 50 heavy (non-hydrogen) atoms. The summed E-state index contributed by atoms with van der Waals surface area (Å²) in [6.45, 7) is 23.0. The van der Waals surface area contributed by atoms with Crippen LogP contribution in [0.5, 0.6) is 0 Å². The largest absolute Gasteiger partial charge is 0.354 e. The predicted molar refractivity (Wildman–Crippen MR) is 224 cm³/mol. The van der Waals surface area contributed by atoms with E-state index < -0.39 is 16.1 Å². The Morgan fingerprint density at radius 2 is 0.920 bits per heavy atom. The van der Waals surface area contributed by atoms with Crippen molar-refractivity contribution in [2.24, 2.45) is 0 Å². The number of hydrogen-bond donors (Lipinski definition) is 2. The van der Waals surface area contributed by atoms with Gasteiger partial charge in [-0.05, 0) is 86.1 Å². The number of fused-ring (bicyclic) bond motifs is 8. The summed E-state index contributed by atoms with van der Waals surface area (Å²) in [5, 5.41) is 0. The Balaban J connectivity index is 2.00. The highest BCUT2D eigenvalue weighted by atomic mass is 28.3. The maximum Gasteiger partial charge on any atom is 0.129 e. The Kier molecular flexibility index (Phi) is 12.0. The van der Waals surface area contributed by atoms with Crippen LogP contribution in [0.1, 0.15) is 136 Å². The maximum absolute atomic E-state index is 5.39. The zero-order chi connectivity index (χ0) is 36.1. The third-order valence-corrected chi connectivity index (χ3v) is 11.3. The zero-order valence-electron chi connectivity index (χ0n) is 32.3. The first-order valence-electron chi connectivity index (χ1n) is 19.1. The summed E-state index contributed by atoms with van der Waals surface area (Å²) in [6.07, 6.45) is 17.8. The van der Waals surface area contributed by atoms with Gasteiger partial charge in [0.1, 0.15) is 16.1 Å². The summed E-state index contributed by atoms with van der Waals surface area (Å²) < 4.78 is 0. The molecule has 6 heteroatoms. The van der Waals surface area contributed by atoms with E-state index in [1.54, 1.807) is 0 Å². The summed E-state index contributed by atoms with van der Waals surface area (Å²) in [7, 11) is -3.33. The molecule has 262 valence electrons. The van der Waals surface area contributed by atoms with Crippen LogP contribution in [0.15, 0.2) is 24.3 Å². The number of nitrogens with one attached hydrogen (secondary N) is 2. The van der Waals surface area contributed by atoms with Gasteiger partial charge in [-0.3, -0.25) is 0 Å². The second-order valence-electron chi connectivity index (χ2n) is 16.1. The second kappa shape index (κ2) is 16.0. The molecule has 5 heterocycles. The first-order chi connectivity index (χ1) is 23.9. The van der Waals surface area contributed by atoms with Gasteiger partial charge in [0.2, 0.25) is 0 Å². The van der Waals surface area contributed by atoms with Crippen LogP contribution in [-0.2, 0) is 0 Å². The topological polar surface area (TPSA) is 57.4 Å². The van der Waals surface area contributed by atoms with E-state index in [1.807, 2.05) is 0 Å². The Labute approximate surface area is 303 Å². The molecule has 0 amide bonds. The van der Waals surface area contributed by atoms with Gasteiger partial charge in [0.15, 0.2) is 0 Å². The van der Waals surface area contributed by atoms with Gasteiger partial charge in [-0.2, -0.15) is 0 Å². The van der Waals surface area contributed by atoms with Gasteiger partial charge in [-0.15, -0.1) is 11.1 Å². The first-order valence-corrected chi connectivity index (χ1v) is 26.1. The van der Waals surface area contributed by atoms with Crippen molar-refractivity contribution in [3.8, 4) is 22.9 Å². The molecular weight excluding hydrogens is 641 g/mol. The number of aromatic nitrogens is 4. The van der Waals surface area contributed by atoms with E-state index in [0.717, 1.165) is 88.1 Å². The SMILES string of the molecule is CCCCC(CC)c1c2nc(c(C#C[Si](C)(C)C)c3ccc([nH]3)c(C(CC)CCCC)c3ccc([nH]3)c(C#C[Si](C)(C)C)c3nc1C=C3)C=C2. The fourth-order valence-corrected chi connectivity index (χ4v) is 7.88. The van der Waals surface area contributed by atoms with Crippen LogP contribution in [0.3, 0.4) is 0 Å². The summed E-state index contributed by atoms with van der Waals surface area (Å²) in [5.41, 5.74) is 20.0. The van der Waals surface area contributed by atoms with Gasteiger partial charge >= 0.3 is 0 Å². The molecule has 8 bridgehead atoms. The summed E-state index contributed by atoms with van der Waals surface area (Å²) in [6, 6.07) is 8.95. The number of hydrogen-bond acceptors (Lipinski definition) is 2. The normalized spacial score (nSPS) is 13.8. The van der Waals surface area contributed by atoms with Gasteiger partial charge in [0, 0.05) is 22.2 Å². The van der Waals surface area contributed by atoms with Crippen molar-refractivity contribution >= 4 is 62.5 Å². The smallest absolute Gasteiger partial charge is 0.129 e. The second-order valence-corrected chi connectivity index (χ2v) is 25.6. The highest BCUT2D eigenvalue weighted by Crippen LogP contribution is 2.36. The quantitative estimate of drug-likeness (QED) is 0.113. The summed E-state index contributed by atoms with van der Waals surface area (Å²) >= 11 is 0. The van der Waals surface area contributed by atoms with Gasteiger partial charge in [-0.25, -0.2) is 9.97 Å². The van der Waals surface area contributed by atoms with Gasteiger partial charge in [-0.1, -0.05) is 105 Å². The van der Waals surface area contributed by atoms with Crippen LogP contribution in [-0.4, -0.2) is 36.1 Å². The third kappa shape index (κ3) is 8.89. The molecule has 0 saturated heterocycles. The van der Waals surface area contributed by atoms with E-state index in [9.17, 15) is 0 Å². The highest BCUT2D eigenvalue weighted by Gasteiger charge is 2.22. The van der Waals surface area contributed by atoms with Crippen molar-refractivity contribution < 1.29 is 0 Å². The molecule has 5 rings (SSSR count). The molecule has 2 atom stereocenters. The average Bonchev–Trinajstić information content (AvgIpc) is 3.89. The van der Waals surface area contributed by atoms with E-state index in [1.165, 1.54) is 30.4 Å². The lowest BCUT2D eigenvalue weighted by Gasteiger charge is -2.17. The first kappa shape index (κ1) is 37.4. The molecular formula is C44H58N4Si2. The molecule has 0 radical (unpaired) electrons. The third-order valence-electron chi connectivity index (χ3n) is 9.57. The lowest BCUT2D eigenvalue weighted by atomic mass is 9.89. The molecule has 0 aliphatic carbocycles. The molecule has 0 saturated carbocycles. The fraction of sp³-hybridized carbons (Fsp3) is 0.455. The van der Waals surface area contributed by atoms with E-state index in [0.29, 0.717) is 11.8 Å². The Hall–Kier alpha value is -3.85. The number of aromatic amines is 2. The van der Waals surface area contributed by atoms with Crippen molar-refractivity contribution in [3.63, 3.8) is 0 Å². The van der Waals surface area contributed by atoms with Crippen LogP contribution in [0.2, 0.25) is 39.3 Å². The number of rotatable bonds is 10. The molecule has 3 aromatic rings. The Morgan fingerprint density at radius 1 is 0.540 bits per heavy atom. The minimum atomic E-state index is -1.67. The number of nitrogens with zero attached hydrogens (tertiary/aromatic N) is 2. The van der Waals surface area contributed by atoms with Crippen LogP contribution in [0.25, 0.3) is 46.4 Å². The molecule has 3 aromatic heterocycles. The van der Waals surface area contributed by atoms with E-state index in [4.69, 9.17) is 9.97 Å². The predicted octanol–water partition coefficient (Wildman–Crippen LogP) is 12.5. The van der Waals surface area contributed by atoms with E-state index >= 15 is 0 Å². The standard InChI is InChI=1S/C44H58N4Si2/c1-11-15-17-31(13-3)43-39-23-19-35(45-39)33(27-29-49(5,6)7)37-21-25-41(47-37)44(32(14-4)18-16-12-2)42-26-22-38(48-42)34(28-30-50(8,9)10)36-20-24-40(43)46-36/h19-26,31-32,45-46H,11-18H2,1-10H3. The van der Waals surface area contributed by atoms with Crippen LogP contribution in [0, 0.1) is 22.9 Å². The van der Waals surface area contributed by atoms with E-state index in [2.05, 4.69) is 148 Å². The highest BCUT2D eigenvalue weighted by molar-refractivity contribution is 6.84. The summed E-state index contributed by atoms with van der Waals surface area (Å²) in [4.78, 5) is 18.6. The summed E-state index contributed by atoms with van der Waals surface area (Å²) in [5.74, 6) is 8.05. The molecule has 2 aliphatic heterocycles. The molecule has 2 aliphatic rings. The zero-order valence-corrected chi connectivity index (χ0v) is 34.3. The van der Waals surface area contributed by atoms with Crippen molar-refractivity contribution in [2.75, 3.05) is 0 Å². The van der Waals surface area contributed by atoms with Crippen molar-refractivity contribution in [1.29, 1.82) is 0 Å². The van der Waals surface area contributed by atoms with Crippen molar-refractivity contribution in [2.45, 2.75) is 130 Å². The van der Waals surface area contributed by atoms with Crippen molar-refractivity contribution in [3.05, 3.63) is 69.3 Å². The van der Waals surface area contributed by atoms with Crippen LogP contribution in [0.4, 0.5) is 0 Å². The molecule has 0 aromatic carbocycles. The lowest BCUT2D eigenvalue weighted by Crippen LogP contribution is -2.16. The molecule has 4 nitrogen and oxygen atoms in total. The monoisotopic (exact) mass is 698 g/mol.